The predicted octanol–water partition coefficient (Wildman–Crippen LogP) is 10.2. The van der Waals surface area contributed by atoms with Crippen molar-refractivity contribution >= 4 is 10.8 Å². The molecule has 6 aliphatic rings. The van der Waals surface area contributed by atoms with Gasteiger partial charge in [0.05, 0.1) is 10.9 Å². The number of aromatic nitrogens is 1. The van der Waals surface area contributed by atoms with Gasteiger partial charge in [-0.2, -0.15) is 0 Å². The first-order chi connectivity index (χ1) is 19.6. The largest absolute Gasteiger partial charge is 0.220 e. The van der Waals surface area contributed by atoms with E-state index in [9.17, 15) is 0 Å². The number of fused-ring (bicyclic) bond motifs is 1. The average Bonchev–Trinajstić information content (AvgIpc) is 2.97. The van der Waals surface area contributed by atoms with Crippen LogP contribution in [-0.4, -0.2) is 0 Å². The maximum absolute atomic E-state index is 2.68. The van der Waals surface area contributed by atoms with E-state index in [0.717, 1.165) is 29.6 Å². The van der Waals surface area contributed by atoms with Gasteiger partial charge in [0.15, 0.2) is 6.20 Å². The number of pyridine rings is 1. The average molecular weight is 533 g/mol. The fraction of sp³-hybridized carbons (Fsp3) is 0.615. The molecule has 6 saturated carbocycles. The molecule has 210 valence electrons. The summed E-state index contributed by atoms with van der Waals surface area (Å²) in [6.07, 6.45) is 25.3. The lowest BCUT2D eigenvalue weighted by Gasteiger charge is -2.57. The minimum absolute atomic E-state index is 0.464. The summed E-state index contributed by atoms with van der Waals surface area (Å²) in [5.41, 5.74) is 9.96. The molecule has 6 fully saturated rings. The van der Waals surface area contributed by atoms with Crippen LogP contribution in [0.3, 0.4) is 0 Å². The number of nitrogens with zero attached hydrogens (tertiary/aromatic N) is 1. The molecule has 40 heavy (non-hydrogen) atoms. The second-order valence-electron chi connectivity index (χ2n) is 15.2. The van der Waals surface area contributed by atoms with E-state index in [4.69, 9.17) is 0 Å². The van der Waals surface area contributed by atoms with Crippen molar-refractivity contribution in [2.75, 3.05) is 0 Å². The van der Waals surface area contributed by atoms with Gasteiger partial charge in [0.2, 0.25) is 5.69 Å². The maximum Gasteiger partial charge on any atom is 0.220 e. The molecule has 4 bridgehead atoms. The van der Waals surface area contributed by atoms with Crippen molar-refractivity contribution in [2.45, 2.75) is 127 Å². The second-order valence-corrected chi connectivity index (χ2v) is 15.2. The van der Waals surface area contributed by atoms with Gasteiger partial charge < -0.3 is 0 Å². The normalized spacial score (nSPS) is 30.8. The van der Waals surface area contributed by atoms with Gasteiger partial charge in [-0.1, -0.05) is 56.7 Å². The molecule has 9 rings (SSSR count). The number of aryl methyl sites for hydroxylation is 1. The van der Waals surface area contributed by atoms with Crippen LogP contribution in [0.25, 0.3) is 22.0 Å². The van der Waals surface area contributed by atoms with Gasteiger partial charge in [0.25, 0.3) is 0 Å². The molecule has 0 atom stereocenters. The van der Waals surface area contributed by atoms with E-state index < -0.39 is 0 Å². The second kappa shape index (κ2) is 9.99. The highest BCUT2D eigenvalue weighted by atomic mass is 14.9. The first kappa shape index (κ1) is 25.6. The van der Waals surface area contributed by atoms with Crippen molar-refractivity contribution in [3.63, 3.8) is 0 Å². The number of hydrogen-bond acceptors (Lipinski definition) is 0. The molecule has 1 heteroatoms. The Morgan fingerprint density at radius 1 is 0.700 bits per heavy atom. The Morgan fingerprint density at radius 3 is 1.98 bits per heavy atom. The molecular weight excluding hydrogens is 482 g/mol. The molecule has 3 aromatic rings. The number of hydrogen-bond donors (Lipinski definition) is 0. The standard InChI is InChI=1S/C39H50N/c1-26-36(31-11-7-4-8-12-31)21-33(30-9-5-3-6-10-30)22-37(26)38-35-14-13-34(20-32(35)15-16-40(38)2)39-23-27-17-28(24-39)19-29(18-27)25-39/h13-16,20-22,27-31H,3-12,17-19,23-25H2,1-2H3/q+1. The van der Waals surface area contributed by atoms with Crippen molar-refractivity contribution in [1.29, 1.82) is 0 Å². The third kappa shape index (κ3) is 4.28. The molecule has 0 amide bonds. The zero-order valence-electron chi connectivity index (χ0n) is 25.2. The van der Waals surface area contributed by atoms with Crippen LogP contribution in [0.15, 0.2) is 42.6 Å². The minimum atomic E-state index is 0.464. The van der Waals surface area contributed by atoms with E-state index in [0.29, 0.717) is 5.41 Å². The molecule has 0 saturated heterocycles. The van der Waals surface area contributed by atoms with E-state index in [1.54, 1.807) is 22.3 Å². The van der Waals surface area contributed by atoms with Crippen LogP contribution in [0, 0.1) is 24.7 Å². The third-order valence-electron chi connectivity index (χ3n) is 12.6. The monoisotopic (exact) mass is 532 g/mol. The van der Waals surface area contributed by atoms with E-state index >= 15 is 0 Å². The van der Waals surface area contributed by atoms with E-state index in [1.807, 2.05) is 0 Å². The summed E-state index contributed by atoms with van der Waals surface area (Å²) in [6.45, 7) is 2.45. The van der Waals surface area contributed by atoms with Crippen LogP contribution < -0.4 is 4.57 Å². The quantitative estimate of drug-likeness (QED) is 0.294. The van der Waals surface area contributed by atoms with Crippen LogP contribution in [0.4, 0.5) is 0 Å². The van der Waals surface area contributed by atoms with E-state index in [2.05, 4.69) is 61.1 Å². The third-order valence-corrected chi connectivity index (χ3v) is 12.6. The SMILES string of the molecule is Cc1c(-c2c3ccc(C45CC6CC(CC(C6)C4)C5)cc3cc[n+]2C)cc(C2CCCCC2)cc1C1CCCCC1. The number of rotatable bonds is 4. The summed E-state index contributed by atoms with van der Waals surface area (Å²) in [6, 6.07) is 15.5. The summed E-state index contributed by atoms with van der Waals surface area (Å²) < 4.78 is 2.43. The first-order valence-corrected chi connectivity index (χ1v) is 17.1. The molecule has 1 nitrogen and oxygen atoms in total. The molecular formula is C39H50N+. The van der Waals surface area contributed by atoms with E-state index in [1.165, 1.54) is 125 Å². The zero-order valence-corrected chi connectivity index (χ0v) is 25.2. The molecule has 0 unspecified atom stereocenters. The fourth-order valence-corrected chi connectivity index (χ4v) is 11.0. The minimum Gasteiger partial charge on any atom is -0.200 e. The Bertz CT molecular complexity index is 1380. The molecule has 6 aliphatic carbocycles. The van der Waals surface area contributed by atoms with Gasteiger partial charge in [0, 0.05) is 6.07 Å². The lowest BCUT2D eigenvalue weighted by molar-refractivity contribution is -0.659. The Balaban J connectivity index is 1.25. The molecule has 0 spiro atoms. The Hall–Kier alpha value is -2.15. The van der Waals surface area contributed by atoms with Crippen molar-refractivity contribution in [2.24, 2.45) is 24.8 Å². The lowest BCUT2D eigenvalue weighted by atomic mass is 9.48. The zero-order chi connectivity index (χ0) is 26.8. The Kier molecular flexibility index (Phi) is 6.38. The van der Waals surface area contributed by atoms with Gasteiger partial charge in [-0.15, -0.1) is 0 Å². The summed E-state index contributed by atoms with van der Waals surface area (Å²) in [5.74, 6) is 4.48. The lowest BCUT2D eigenvalue weighted by Crippen LogP contribution is -2.48. The van der Waals surface area contributed by atoms with Crippen LogP contribution in [-0.2, 0) is 12.5 Å². The van der Waals surface area contributed by atoms with Crippen LogP contribution in [0.2, 0.25) is 0 Å². The van der Waals surface area contributed by atoms with Crippen molar-refractivity contribution in [3.8, 4) is 11.3 Å². The van der Waals surface area contributed by atoms with Crippen LogP contribution in [0.1, 0.15) is 137 Å². The topological polar surface area (TPSA) is 3.88 Å². The molecule has 2 aromatic carbocycles. The highest BCUT2D eigenvalue weighted by molar-refractivity contribution is 5.94. The highest BCUT2D eigenvalue weighted by Gasteiger charge is 2.51. The highest BCUT2D eigenvalue weighted by Crippen LogP contribution is 2.61. The molecule has 0 N–H and O–H groups in total. The first-order valence-electron chi connectivity index (χ1n) is 17.1. The van der Waals surface area contributed by atoms with Gasteiger partial charge in [-0.25, -0.2) is 4.57 Å². The van der Waals surface area contributed by atoms with Crippen LogP contribution >= 0.6 is 0 Å². The molecule has 1 heterocycles. The maximum atomic E-state index is 2.68. The van der Waals surface area contributed by atoms with Crippen molar-refractivity contribution < 1.29 is 4.57 Å². The Morgan fingerprint density at radius 2 is 1.32 bits per heavy atom. The van der Waals surface area contributed by atoms with E-state index in [-0.39, 0.29) is 0 Å². The summed E-state index contributed by atoms with van der Waals surface area (Å²) in [5, 5.41) is 2.92. The van der Waals surface area contributed by atoms with Crippen LogP contribution in [0.5, 0.6) is 0 Å². The predicted molar refractivity (Wildman–Crippen MR) is 167 cm³/mol. The Labute approximate surface area is 242 Å². The van der Waals surface area contributed by atoms with Gasteiger partial charge in [-0.05, 0) is 146 Å². The number of benzene rings is 2. The summed E-state index contributed by atoms with van der Waals surface area (Å²) in [4.78, 5) is 0. The molecule has 1 aromatic heterocycles. The van der Waals surface area contributed by atoms with Gasteiger partial charge >= 0.3 is 0 Å². The fourth-order valence-electron chi connectivity index (χ4n) is 11.0. The summed E-state index contributed by atoms with van der Waals surface area (Å²) in [7, 11) is 2.29. The molecule has 0 aliphatic heterocycles. The smallest absolute Gasteiger partial charge is 0.200 e. The van der Waals surface area contributed by atoms with Gasteiger partial charge in [0.1, 0.15) is 7.05 Å². The van der Waals surface area contributed by atoms with Crippen molar-refractivity contribution in [3.05, 3.63) is 64.8 Å². The van der Waals surface area contributed by atoms with Crippen molar-refractivity contribution in [1.82, 2.24) is 0 Å². The molecule has 0 radical (unpaired) electrons. The summed E-state index contributed by atoms with van der Waals surface area (Å²) >= 11 is 0. The van der Waals surface area contributed by atoms with Gasteiger partial charge in [-0.3, -0.25) is 0 Å².